The Morgan fingerprint density at radius 3 is 2.57 bits per heavy atom. The lowest BCUT2D eigenvalue weighted by Gasteiger charge is -2.14. The summed E-state index contributed by atoms with van der Waals surface area (Å²) in [4.78, 5) is 18.0. The van der Waals surface area contributed by atoms with Crippen molar-refractivity contribution in [1.29, 1.82) is 0 Å². The molecule has 0 heterocycles. The van der Waals surface area contributed by atoms with Crippen LogP contribution in [0.2, 0.25) is 0 Å². The van der Waals surface area contributed by atoms with E-state index in [4.69, 9.17) is 9.79 Å². The SMILES string of the molecule is O=P(O)(O)N=C1CC=C(O)C=C1CCCCc1cccc(O)c1. The first-order valence-corrected chi connectivity index (χ1v) is 8.92. The van der Waals surface area contributed by atoms with Gasteiger partial charge >= 0.3 is 7.75 Å². The Bertz CT molecular complexity index is 702. The van der Waals surface area contributed by atoms with E-state index in [9.17, 15) is 14.8 Å². The lowest BCUT2D eigenvalue weighted by molar-refractivity contribution is 0.375. The minimum atomic E-state index is -4.48. The number of aliphatic hydroxyl groups is 1. The molecule has 1 aliphatic rings. The van der Waals surface area contributed by atoms with Gasteiger partial charge in [0, 0.05) is 6.42 Å². The van der Waals surface area contributed by atoms with Crippen LogP contribution in [0.25, 0.3) is 0 Å². The topological polar surface area (TPSA) is 110 Å². The quantitative estimate of drug-likeness (QED) is 0.470. The average molecular weight is 337 g/mol. The number of rotatable bonds is 6. The number of benzene rings is 1. The van der Waals surface area contributed by atoms with Gasteiger partial charge in [0.1, 0.15) is 11.5 Å². The standard InChI is InChI=1S/C16H20NO5P/c18-14-7-3-5-12(10-14)4-1-2-6-13-11-15(19)8-9-16(13)17-23(20,21)22/h3,5,7-8,10-11,18-19H,1-2,4,6,9H2,(H2,20,21,22). The Labute approximate surface area is 134 Å². The van der Waals surface area contributed by atoms with Crippen LogP contribution >= 0.6 is 7.75 Å². The molecule has 1 aromatic rings. The molecule has 2 rings (SSSR count). The molecule has 4 N–H and O–H groups in total. The van der Waals surface area contributed by atoms with Crippen molar-refractivity contribution in [2.75, 3.05) is 0 Å². The van der Waals surface area contributed by atoms with E-state index in [0.29, 0.717) is 17.7 Å². The zero-order chi connectivity index (χ0) is 16.9. The van der Waals surface area contributed by atoms with Gasteiger partial charge in [0.2, 0.25) is 0 Å². The molecule has 0 saturated heterocycles. The zero-order valence-corrected chi connectivity index (χ0v) is 13.5. The number of aliphatic hydroxyl groups excluding tert-OH is 1. The normalized spacial score (nSPS) is 17.0. The van der Waals surface area contributed by atoms with Crippen LogP contribution < -0.4 is 0 Å². The number of unbranched alkanes of at least 4 members (excludes halogenated alkanes) is 1. The summed E-state index contributed by atoms with van der Waals surface area (Å²) in [5.41, 5.74) is 2.02. The van der Waals surface area contributed by atoms with Crippen LogP contribution in [0.15, 0.2) is 52.5 Å². The molecule has 0 aromatic heterocycles. The maximum absolute atomic E-state index is 11.0. The number of nitrogens with zero attached hydrogens (tertiary/aromatic N) is 1. The van der Waals surface area contributed by atoms with Gasteiger partial charge in [-0.25, -0.2) is 4.57 Å². The van der Waals surface area contributed by atoms with Crippen molar-refractivity contribution in [3.63, 3.8) is 0 Å². The van der Waals surface area contributed by atoms with Gasteiger partial charge in [-0.2, -0.15) is 4.76 Å². The van der Waals surface area contributed by atoms with E-state index in [1.54, 1.807) is 18.2 Å². The summed E-state index contributed by atoms with van der Waals surface area (Å²) in [5.74, 6) is 0.334. The van der Waals surface area contributed by atoms with E-state index < -0.39 is 7.75 Å². The van der Waals surface area contributed by atoms with Crippen molar-refractivity contribution in [2.24, 2.45) is 4.76 Å². The van der Waals surface area contributed by atoms with Gasteiger partial charge in [0.15, 0.2) is 0 Å². The number of phenolic OH excluding ortho intramolecular Hbond substituents is 1. The predicted molar refractivity (Wildman–Crippen MR) is 88.6 cm³/mol. The van der Waals surface area contributed by atoms with E-state index in [-0.39, 0.29) is 17.9 Å². The molecule has 0 atom stereocenters. The average Bonchev–Trinajstić information content (AvgIpc) is 2.45. The summed E-state index contributed by atoms with van der Waals surface area (Å²) >= 11 is 0. The fourth-order valence-electron chi connectivity index (χ4n) is 2.49. The van der Waals surface area contributed by atoms with Crippen molar-refractivity contribution in [2.45, 2.75) is 32.1 Å². The second-order valence-corrected chi connectivity index (χ2v) is 6.67. The summed E-state index contributed by atoms with van der Waals surface area (Å²) in [6.07, 6.45) is 6.22. The van der Waals surface area contributed by atoms with Crippen molar-refractivity contribution in [3.05, 3.63) is 53.3 Å². The molecule has 0 spiro atoms. The number of phenols is 1. The molecule has 0 aliphatic heterocycles. The first-order valence-electron chi connectivity index (χ1n) is 7.36. The zero-order valence-electron chi connectivity index (χ0n) is 12.6. The largest absolute Gasteiger partial charge is 0.508 e. The van der Waals surface area contributed by atoms with Gasteiger partial charge in [-0.1, -0.05) is 12.1 Å². The van der Waals surface area contributed by atoms with E-state index in [0.717, 1.165) is 24.8 Å². The summed E-state index contributed by atoms with van der Waals surface area (Å²) in [7, 11) is -4.48. The summed E-state index contributed by atoms with van der Waals surface area (Å²) in [6.45, 7) is 0. The highest BCUT2D eigenvalue weighted by atomic mass is 31.2. The molecule has 124 valence electrons. The number of hydrogen-bond acceptors (Lipinski definition) is 3. The third-order valence-electron chi connectivity index (χ3n) is 3.52. The van der Waals surface area contributed by atoms with Gasteiger partial charge in [-0.05, 0) is 61.1 Å². The second-order valence-electron chi connectivity index (χ2n) is 5.44. The molecule has 0 radical (unpaired) electrons. The Morgan fingerprint density at radius 2 is 1.87 bits per heavy atom. The van der Waals surface area contributed by atoms with Gasteiger partial charge in [0.05, 0.1) is 5.71 Å². The summed E-state index contributed by atoms with van der Waals surface area (Å²) < 4.78 is 14.5. The van der Waals surface area contributed by atoms with Gasteiger partial charge < -0.3 is 20.0 Å². The van der Waals surface area contributed by atoms with Crippen LogP contribution in [-0.4, -0.2) is 25.7 Å². The Hall–Kier alpha value is -1.88. The lowest BCUT2D eigenvalue weighted by atomic mass is 9.95. The molecule has 1 aliphatic carbocycles. The Morgan fingerprint density at radius 1 is 1.13 bits per heavy atom. The molecule has 6 nitrogen and oxygen atoms in total. The van der Waals surface area contributed by atoms with Crippen LogP contribution in [0.5, 0.6) is 5.75 Å². The molecule has 0 saturated carbocycles. The Balaban J connectivity index is 1.93. The van der Waals surface area contributed by atoms with Gasteiger partial charge in [-0.3, -0.25) is 0 Å². The van der Waals surface area contributed by atoms with Crippen LogP contribution in [0.3, 0.4) is 0 Å². The first kappa shape index (κ1) is 17.5. The van der Waals surface area contributed by atoms with Crippen LogP contribution in [0.1, 0.15) is 31.2 Å². The highest BCUT2D eigenvalue weighted by Crippen LogP contribution is 2.38. The van der Waals surface area contributed by atoms with Crippen molar-refractivity contribution < 1.29 is 24.6 Å². The summed E-state index contributed by atoms with van der Waals surface area (Å²) in [5, 5.41) is 19.0. The minimum absolute atomic E-state index is 0.0950. The van der Waals surface area contributed by atoms with Gasteiger partial charge in [-0.15, -0.1) is 0 Å². The number of hydrogen-bond donors (Lipinski definition) is 4. The molecular weight excluding hydrogens is 317 g/mol. The smallest absolute Gasteiger partial charge is 0.448 e. The van der Waals surface area contributed by atoms with E-state index in [1.807, 2.05) is 6.07 Å². The first-order chi connectivity index (χ1) is 10.8. The lowest BCUT2D eigenvalue weighted by Crippen LogP contribution is -2.07. The maximum atomic E-state index is 11.0. The predicted octanol–water partition coefficient (Wildman–Crippen LogP) is 3.41. The number of aryl methyl sites for hydroxylation is 1. The van der Waals surface area contributed by atoms with Crippen molar-refractivity contribution in [1.82, 2.24) is 0 Å². The van der Waals surface area contributed by atoms with E-state index >= 15 is 0 Å². The molecule has 0 fully saturated rings. The molecule has 0 amide bonds. The highest BCUT2D eigenvalue weighted by Gasteiger charge is 2.18. The fraction of sp³-hybridized carbons (Fsp3) is 0.312. The molecular formula is C16H20NO5P. The number of allylic oxidation sites excluding steroid dienone is 3. The van der Waals surface area contributed by atoms with Crippen LogP contribution in [-0.2, 0) is 11.0 Å². The van der Waals surface area contributed by atoms with E-state index in [1.165, 1.54) is 12.2 Å². The molecule has 0 bridgehead atoms. The number of aromatic hydroxyl groups is 1. The van der Waals surface area contributed by atoms with Crippen molar-refractivity contribution in [3.8, 4) is 5.75 Å². The molecule has 7 heteroatoms. The molecule has 1 aromatic carbocycles. The minimum Gasteiger partial charge on any atom is -0.508 e. The monoisotopic (exact) mass is 337 g/mol. The van der Waals surface area contributed by atoms with Crippen LogP contribution in [0, 0.1) is 0 Å². The van der Waals surface area contributed by atoms with Crippen LogP contribution in [0.4, 0.5) is 0 Å². The Kier molecular flexibility index (Phi) is 5.77. The van der Waals surface area contributed by atoms with E-state index in [2.05, 4.69) is 4.76 Å². The second kappa shape index (κ2) is 7.59. The van der Waals surface area contributed by atoms with Crippen molar-refractivity contribution >= 4 is 13.5 Å². The van der Waals surface area contributed by atoms with Gasteiger partial charge in [0.25, 0.3) is 0 Å². The third kappa shape index (κ3) is 6.02. The maximum Gasteiger partial charge on any atom is 0.448 e. The third-order valence-corrected chi connectivity index (χ3v) is 4.02. The molecule has 0 unspecified atom stereocenters. The molecule has 23 heavy (non-hydrogen) atoms. The summed E-state index contributed by atoms with van der Waals surface area (Å²) in [6, 6.07) is 7.07. The fourth-order valence-corrected chi connectivity index (χ4v) is 3.01. The highest BCUT2D eigenvalue weighted by molar-refractivity contribution is 7.50.